The van der Waals surface area contributed by atoms with Gasteiger partial charge in [-0.25, -0.2) is 9.97 Å². The Morgan fingerprint density at radius 3 is 1.95 bits per heavy atom. The first-order valence-corrected chi connectivity index (χ1v) is 15.9. The normalized spacial score (nSPS) is 18.2. The standard InChI is InChI=1S/C33H40N6O2S/c1-23-22-36-33(38-27-8-12-29(13-9-27)41-21-17-25-5-3-19-35-25)39-32(23)30-14-15-31(42-30)37-26-6-10-28(11-7-26)40-20-16-24-4-2-18-34-24/h6-15,22,24-25,34-35,37H,2-5,16-21H2,1H3,(H,36,38,39). The molecule has 2 unspecified atom stereocenters. The Labute approximate surface area is 252 Å². The van der Waals surface area contributed by atoms with Crippen LogP contribution in [0.15, 0.2) is 66.9 Å². The van der Waals surface area contributed by atoms with Gasteiger partial charge in [-0.15, -0.1) is 11.3 Å². The third-order valence-electron chi connectivity index (χ3n) is 7.84. The molecule has 2 aromatic carbocycles. The molecule has 2 aromatic heterocycles. The maximum absolute atomic E-state index is 5.95. The molecule has 8 nitrogen and oxygen atoms in total. The number of hydrogen-bond donors (Lipinski definition) is 4. The molecule has 4 aromatic rings. The van der Waals surface area contributed by atoms with Crippen molar-refractivity contribution < 1.29 is 9.47 Å². The summed E-state index contributed by atoms with van der Waals surface area (Å²) in [5.41, 5.74) is 3.90. The van der Waals surface area contributed by atoms with Crippen LogP contribution >= 0.6 is 11.3 Å². The van der Waals surface area contributed by atoms with Crippen molar-refractivity contribution in [1.29, 1.82) is 0 Å². The Kier molecular flexibility index (Phi) is 9.49. The Bertz CT molecular complexity index is 1410. The number of rotatable bonds is 13. The Balaban J connectivity index is 1.01. The first kappa shape index (κ1) is 28.5. The van der Waals surface area contributed by atoms with Crippen LogP contribution in [0.3, 0.4) is 0 Å². The van der Waals surface area contributed by atoms with Crippen LogP contribution < -0.4 is 30.7 Å². The fourth-order valence-electron chi connectivity index (χ4n) is 5.47. The van der Waals surface area contributed by atoms with Crippen LogP contribution in [0.2, 0.25) is 0 Å². The molecular weight excluding hydrogens is 544 g/mol. The van der Waals surface area contributed by atoms with Crippen LogP contribution in [-0.2, 0) is 0 Å². The highest BCUT2D eigenvalue weighted by Gasteiger charge is 2.15. The number of anilines is 4. The summed E-state index contributed by atoms with van der Waals surface area (Å²) in [5, 5.41) is 14.9. The molecule has 6 rings (SSSR count). The quantitative estimate of drug-likeness (QED) is 0.133. The van der Waals surface area contributed by atoms with Crippen LogP contribution in [-0.4, -0.2) is 48.4 Å². The van der Waals surface area contributed by atoms with Crippen molar-refractivity contribution in [1.82, 2.24) is 20.6 Å². The van der Waals surface area contributed by atoms with Crippen molar-refractivity contribution in [2.45, 2.75) is 57.5 Å². The molecule has 0 spiro atoms. The molecule has 0 bridgehead atoms. The van der Waals surface area contributed by atoms with Gasteiger partial charge in [0.25, 0.3) is 0 Å². The molecule has 4 N–H and O–H groups in total. The van der Waals surface area contributed by atoms with Gasteiger partial charge in [0.05, 0.1) is 28.8 Å². The highest BCUT2D eigenvalue weighted by atomic mass is 32.1. The number of aromatic nitrogens is 2. The van der Waals surface area contributed by atoms with Gasteiger partial charge in [0, 0.05) is 29.7 Å². The number of aryl methyl sites for hydroxylation is 1. The predicted molar refractivity (Wildman–Crippen MR) is 172 cm³/mol. The van der Waals surface area contributed by atoms with E-state index in [1.807, 2.05) is 49.5 Å². The lowest BCUT2D eigenvalue weighted by molar-refractivity contribution is 0.292. The molecular formula is C33H40N6O2S. The lowest BCUT2D eigenvalue weighted by Crippen LogP contribution is -2.23. The third-order valence-corrected chi connectivity index (χ3v) is 8.85. The van der Waals surface area contributed by atoms with Crippen LogP contribution in [0.4, 0.5) is 22.3 Å². The maximum atomic E-state index is 5.95. The van der Waals surface area contributed by atoms with E-state index in [4.69, 9.17) is 14.5 Å². The molecule has 2 aliphatic heterocycles. The largest absolute Gasteiger partial charge is 0.494 e. The monoisotopic (exact) mass is 584 g/mol. The second kappa shape index (κ2) is 14.0. The number of nitrogens with one attached hydrogen (secondary N) is 4. The minimum absolute atomic E-state index is 0.568. The van der Waals surface area contributed by atoms with Crippen molar-refractivity contribution in [2.24, 2.45) is 0 Å². The van der Waals surface area contributed by atoms with Crippen LogP contribution in [0.5, 0.6) is 11.5 Å². The topological polar surface area (TPSA) is 92.4 Å². The molecule has 0 aliphatic carbocycles. The maximum Gasteiger partial charge on any atom is 0.227 e. The summed E-state index contributed by atoms with van der Waals surface area (Å²) in [5.74, 6) is 2.35. The van der Waals surface area contributed by atoms with E-state index in [1.54, 1.807) is 11.3 Å². The highest BCUT2D eigenvalue weighted by Crippen LogP contribution is 2.34. The zero-order valence-electron chi connectivity index (χ0n) is 24.2. The second-order valence-electron chi connectivity index (χ2n) is 11.0. The summed E-state index contributed by atoms with van der Waals surface area (Å²) in [7, 11) is 0. The smallest absolute Gasteiger partial charge is 0.227 e. The molecule has 2 fully saturated rings. The van der Waals surface area contributed by atoms with Crippen molar-refractivity contribution in [2.75, 3.05) is 36.9 Å². The van der Waals surface area contributed by atoms with E-state index in [0.29, 0.717) is 18.0 Å². The van der Waals surface area contributed by atoms with Gasteiger partial charge in [0.15, 0.2) is 0 Å². The highest BCUT2D eigenvalue weighted by molar-refractivity contribution is 7.19. The minimum atomic E-state index is 0.568. The fraction of sp³-hybridized carbons (Fsp3) is 0.394. The molecule has 0 radical (unpaired) electrons. The molecule has 42 heavy (non-hydrogen) atoms. The number of ether oxygens (including phenoxy) is 2. The van der Waals surface area contributed by atoms with Gasteiger partial charge in [-0.05, 0) is 125 Å². The lowest BCUT2D eigenvalue weighted by Gasteiger charge is -2.12. The zero-order valence-corrected chi connectivity index (χ0v) is 25.0. The van der Waals surface area contributed by atoms with E-state index in [1.165, 1.54) is 25.7 Å². The van der Waals surface area contributed by atoms with Gasteiger partial charge < -0.3 is 30.7 Å². The van der Waals surface area contributed by atoms with Gasteiger partial charge >= 0.3 is 0 Å². The second-order valence-corrected chi connectivity index (χ2v) is 12.1. The summed E-state index contributed by atoms with van der Waals surface area (Å²) in [6.45, 7) is 5.77. The molecule has 9 heteroatoms. The van der Waals surface area contributed by atoms with Crippen molar-refractivity contribution in [3.05, 3.63) is 72.4 Å². The fourth-order valence-corrected chi connectivity index (χ4v) is 6.45. The summed E-state index contributed by atoms with van der Waals surface area (Å²) >= 11 is 1.67. The minimum Gasteiger partial charge on any atom is -0.494 e. The number of benzene rings is 2. The molecule has 2 aliphatic rings. The zero-order chi connectivity index (χ0) is 28.6. The molecule has 0 amide bonds. The first-order chi connectivity index (χ1) is 20.7. The van der Waals surface area contributed by atoms with E-state index in [2.05, 4.69) is 50.5 Å². The molecule has 4 heterocycles. The van der Waals surface area contributed by atoms with Gasteiger partial charge in [-0.3, -0.25) is 0 Å². The summed E-state index contributed by atoms with van der Waals surface area (Å²) in [6.07, 6.45) is 9.00. The summed E-state index contributed by atoms with van der Waals surface area (Å²) < 4.78 is 11.9. The van der Waals surface area contributed by atoms with Crippen molar-refractivity contribution in [3.63, 3.8) is 0 Å². The van der Waals surface area contributed by atoms with Crippen LogP contribution in [0.25, 0.3) is 10.6 Å². The van der Waals surface area contributed by atoms with Gasteiger partial charge in [0.1, 0.15) is 11.5 Å². The van der Waals surface area contributed by atoms with Crippen LogP contribution in [0.1, 0.15) is 44.1 Å². The average molecular weight is 585 g/mol. The first-order valence-electron chi connectivity index (χ1n) is 15.1. The Morgan fingerprint density at radius 2 is 1.38 bits per heavy atom. The van der Waals surface area contributed by atoms with Gasteiger partial charge in [-0.2, -0.15) is 0 Å². The number of hydrogen-bond acceptors (Lipinski definition) is 9. The third kappa shape index (κ3) is 7.79. The Hall–Kier alpha value is -3.66. The van der Waals surface area contributed by atoms with E-state index in [0.717, 1.165) is 83.2 Å². The summed E-state index contributed by atoms with van der Waals surface area (Å²) in [6, 6.07) is 21.5. The van der Waals surface area contributed by atoms with E-state index in [-0.39, 0.29) is 0 Å². The molecule has 0 saturated carbocycles. The van der Waals surface area contributed by atoms with Crippen LogP contribution in [0, 0.1) is 6.92 Å². The van der Waals surface area contributed by atoms with Gasteiger partial charge in [0.2, 0.25) is 5.95 Å². The van der Waals surface area contributed by atoms with Crippen molar-refractivity contribution in [3.8, 4) is 22.1 Å². The van der Waals surface area contributed by atoms with E-state index < -0.39 is 0 Å². The van der Waals surface area contributed by atoms with E-state index >= 15 is 0 Å². The SMILES string of the molecule is Cc1cnc(Nc2ccc(OCCC3CCCN3)cc2)nc1-c1ccc(Nc2ccc(OCCC3CCCN3)cc2)s1. The number of thiophene rings is 1. The van der Waals surface area contributed by atoms with E-state index in [9.17, 15) is 0 Å². The van der Waals surface area contributed by atoms with Crippen molar-refractivity contribution >= 4 is 33.7 Å². The summed E-state index contributed by atoms with van der Waals surface area (Å²) in [4.78, 5) is 10.4. The molecule has 220 valence electrons. The van der Waals surface area contributed by atoms with Gasteiger partial charge in [-0.1, -0.05) is 0 Å². The Morgan fingerprint density at radius 1 is 0.786 bits per heavy atom. The molecule has 2 atom stereocenters. The lowest BCUT2D eigenvalue weighted by atomic mass is 10.2. The molecule has 2 saturated heterocycles. The predicted octanol–water partition coefficient (Wildman–Crippen LogP) is 7.04. The number of nitrogens with zero attached hydrogens (tertiary/aromatic N) is 2. The average Bonchev–Trinajstić information content (AvgIpc) is 3.80.